The Hall–Kier alpha value is -3.15. The van der Waals surface area contributed by atoms with Crippen LogP contribution in [0.1, 0.15) is 39.9 Å². The van der Waals surface area contributed by atoms with Gasteiger partial charge in [-0.15, -0.1) is 0 Å². The Kier molecular flexibility index (Phi) is 7.45. The van der Waals surface area contributed by atoms with Gasteiger partial charge in [-0.3, -0.25) is 14.4 Å². The summed E-state index contributed by atoms with van der Waals surface area (Å²) in [4.78, 5) is 40.7. The summed E-state index contributed by atoms with van der Waals surface area (Å²) in [7, 11) is 0. The van der Waals surface area contributed by atoms with Crippen LogP contribution in [-0.4, -0.2) is 60.2 Å². The number of hydrogen-bond donors (Lipinski definition) is 0. The molecule has 6 nitrogen and oxygen atoms in total. The SMILES string of the molecule is Cc1ccc(C(=O)CCC(=O)N2CCN(C(=O)COc3ccc(C)cc3C)CC2)cc1. The molecule has 0 aliphatic carbocycles. The molecule has 0 radical (unpaired) electrons. The molecule has 2 aromatic carbocycles. The Bertz CT molecular complexity index is 944. The fourth-order valence-electron chi connectivity index (χ4n) is 3.66. The Morgan fingerprint density at radius 3 is 1.97 bits per heavy atom. The van der Waals surface area contributed by atoms with Crippen molar-refractivity contribution in [1.82, 2.24) is 9.80 Å². The number of ether oxygens (including phenoxy) is 1. The minimum Gasteiger partial charge on any atom is -0.484 e. The summed E-state index contributed by atoms with van der Waals surface area (Å²) >= 11 is 0. The maximum Gasteiger partial charge on any atom is 0.260 e. The smallest absolute Gasteiger partial charge is 0.260 e. The van der Waals surface area contributed by atoms with Gasteiger partial charge in [0.2, 0.25) is 5.91 Å². The number of ketones is 1. The van der Waals surface area contributed by atoms with E-state index in [1.54, 1.807) is 21.9 Å². The van der Waals surface area contributed by atoms with Gasteiger partial charge < -0.3 is 14.5 Å². The van der Waals surface area contributed by atoms with E-state index in [-0.39, 0.29) is 37.0 Å². The first-order valence-corrected chi connectivity index (χ1v) is 10.7. The lowest BCUT2D eigenvalue weighted by Crippen LogP contribution is -2.51. The molecule has 1 aliphatic rings. The van der Waals surface area contributed by atoms with E-state index in [4.69, 9.17) is 4.74 Å². The van der Waals surface area contributed by atoms with E-state index in [1.807, 2.05) is 51.1 Å². The Morgan fingerprint density at radius 2 is 1.35 bits per heavy atom. The number of piperazine rings is 1. The van der Waals surface area contributed by atoms with Crippen molar-refractivity contribution in [1.29, 1.82) is 0 Å². The summed E-state index contributed by atoms with van der Waals surface area (Å²) in [5.74, 6) is 0.567. The van der Waals surface area contributed by atoms with Crippen molar-refractivity contribution in [2.24, 2.45) is 0 Å². The number of aryl methyl sites for hydroxylation is 3. The number of Topliss-reactive ketones (excluding diaryl/α,β-unsaturated/α-hetero) is 1. The first-order valence-electron chi connectivity index (χ1n) is 10.7. The van der Waals surface area contributed by atoms with Crippen LogP contribution in [0.15, 0.2) is 42.5 Å². The average Bonchev–Trinajstić information content (AvgIpc) is 2.77. The van der Waals surface area contributed by atoms with Gasteiger partial charge in [-0.2, -0.15) is 0 Å². The van der Waals surface area contributed by atoms with Crippen molar-refractivity contribution in [3.05, 3.63) is 64.7 Å². The van der Waals surface area contributed by atoms with E-state index in [1.165, 1.54) is 0 Å². The second-order valence-corrected chi connectivity index (χ2v) is 8.11. The van der Waals surface area contributed by atoms with E-state index < -0.39 is 0 Å². The predicted molar refractivity (Wildman–Crippen MR) is 119 cm³/mol. The highest BCUT2D eigenvalue weighted by Gasteiger charge is 2.24. The summed E-state index contributed by atoms with van der Waals surface area (Å²) in [5, 5.41) is 0. The number of rotatable bonds is 7. The van der Waals surface area contributed by atoms with E-state index in [2.05, 4.69) is 0 Å². The lowest BCUT2D eigenvalue weighted by molar-refractivity contribution is -0.140. The molecule has 3 rings (SSSR count). The summed E-state index contributed by atoms with van der Waals surface area (Å²) in [5.41, 5.74) is 3.89. The lowest BCUT2D eigenvalue weighted by Gasteiger charge is -2.34. The molecule has 2 amide bonds. The zero-order valence-corrected chi connectivity index (χ0v) is 18.5. The van der Waals surface area contributed by atoms with Crippen LogP contribution in [0, 0.1) is 20.8 Å². The number of benzene rings is 2. The van der Waals surface area contributed by atoms with Crippen molar-refractivity contribution >= 4 is 17.6 Å². The average molecular weight is 423 g/mol. The summed E-state index contributed by atoms with van der Waals surface area (Å²) in [6.07, 6.45) is 0.390. The van der Waals surface area contributed by atoms with Gasteiger partial charge in [0.15, 0.2) is 12.4 Å². The molecule has 1 saturated heterocycles. The molecule has 1 heterocycles. The molecule has 0 atom stereocenters. The summed E-state index contributed by atoms with van der Waals surface area (Å²) < 4.78 is 5.69. The highest BCUT2D eigenvalue weighted by Crippen LogP contribution is 2.19. The molecule has 0 saturated carbocycles. The Morgan fingerprint density at radius 1 is 0.774 bits per heavy atom. The lowest BCUT2D eigenvalue weighted by atomic mass is 10.0. The number of carbonyl (C=O) groups is 3. The Labute approximate surface area is 183 Å². The van der Waals surface area contributed by atoms with Gasteiger partial charge in [0.05, 0.1) is 0 Å². The van der Waals surface area contributed by atoms with Crippen molar-refractivity contribution in [2.45, 2.75) is 33.6 Å². The van der Waals surface area contributed by atoms with Crippen molar-refractivity contribution in [3.8, 4) is 5.75 Å². The van der Waals surface area contributed by atoms with Gasteiger partial charge in [0.25, 0.3) is 5.91 Å². The second-order valence-electron chi connectivity index (χ2n) is 8.11. The summed E-state index contributed by atoms with van der Waals surface area (Å²) in [6.45, 7) is 7.85. The molecule has 1 aliphatic heterocycles. The molecule has 1 fully saturated rings. The summed E-state index contributed by atoms with van der Waals surface area (Å²) in [6, 6.07) is 13.3. The molecule has 2 aromatic rings. The number of carbonyl (C=O) groups excluding carboxylic acids is 3. The third-order valence-corrected chi connectivity index (χ3v) is 5.61. The molecule has 0 bridgehead atoms. The maximum absolute atomic E-state index is 12.5. The standard InChI is InChI=1S/C25H30N2O4/c1-18-4-7-21(8-5-18)22(28)9-11-24(29)26-12-14-27(15-13-26)25(30)17-31-23-10-6-19(2)16-20(23)3/h4-8,10,16H,9,11-15,17H2,1-3H3. The van der Waals surface area contributed by atoms with Crippen LogP contribution < -0.4 is 4.74 Å². The van der Waals surface area contributed by atoms with Crippen molar-refractivity contribution in [2.75, 3.05) is 32.8 Å². The molecule has 0 aromatic heterocycles. The van der Waals surface area contributed by atoms with Crippen molar-refractivity contribution < 1.29 is 19.1 Å². The molecular formula is C25H30N2O4. The molecular weight excluding hydrogens is 392 g/mol. The van der Waals surface area contributed by atoms with Gasteiger partial charge in [-0.1, -0.05) is 47.5 Å². The highest BCUT2D eigenvalue weighted by molar-refractivity contribution is 5.98. The highest BCUT2D eigenvalue weighted by atomic mass is 16.5. The van der Waals surface area contributed by atoms with Gasteiger partial charge in [0, 0.05) is 44.6 Å². The van der Waals surface area contributed by atoms with Crippen LogP contribution in [0.2, 0.25) is 0 Å². The van der Waals surface area contributed by atoms with Crippen molar-refractivity contribution in [3.63, 3.8) is 0 Å². The van der Waals surface area contributed by atoms with Gasteiger partial charge in [-0.05, 0) is 32.4 Å². The van der Waals surface area contributed by atoms with Gasteiger partial charge in [0.1, 0.15) is 5.75 Å². The third-order valence-electron chi connectivity index (χ3n) is 5.61. The topological polar surface area (TPSA) is 66.9 Å². The quantitative estimate of drug-likeness (QED) is 0.642. The molecule has 164 valence electrons. The fourth-order valence-corrected chi connectivity index (χ4v) is 3.66. The number of amides is 2. The number of hydrogen-bond acceptors (Lipinski definition) is 4. The van der Waals surface area contributed by atoms with E-state index in [0.717, 1.165) is 16.7 Å². The third kappa shape index (κ3) is 6.17. The molecule has 0 spiro atoms. The predicted octanol–water partition coefficient (Wildman–Crippen LogP) is 3.32. The largest absolute Gasteiger partial charge is 0.484 e. The van der Waals surface area contributed by atoms with Crippen LogP contribution in [0.5, 0.6) is 5.75 Å². The zero-order chi connectivity index (χ0) is 22.4. The molecule has 31 heavy (non-hydrogen) atoms. The Balaban J connectivity index is 1.41. The molecule has 0 unspecified atom stereocenters. The minimum absolute atomic E-state index is 0.0110. The zero-order valence-electron chi connectivity index (χ0n) is 18.5. The van der Waals surface area contributed by atoms with E-state index >= 15 is 0 Å². The monoisotopic (exact) mass is 422 g/mol. The van der Waals surface area contributed by atoms with E-state index in [0.29, 0.717) is 37.5 Å². The van der Waals surface area contributed by atoms with Gasteiger partial charge >= 0.3 is 0 Å². The molecule has 0 N–H and O–H groups in total. The minimum atomic E-state index is -0.0818. The second kappa shape index (κ2) is 10.2. The number of nitrogens with zero attached hydrogens (tertiary/aromatic N) is 2. The van der Waals surface area contributed by atoms with Crippen LogP contribution in [0.4, 0.5) is 0 Å². The van der Waals surface area contributed by atoms with Crippen LogP contribution >= 0.6 is 0 Å². The normalized spacial score (nSPS) is 13.8. The van der Waals surface area contributed by atoms with Crippen LogP contribution in [0.25, 0.3) is 0 Å². The van der Waals surface area contributed by atoms with Crippen LogP contribution in [0.3, 0.4) is 0 Å². The fraction of sp³-hybridized carbons (Fsp3) is 0.400. The van der Waals surface area contributed by atoms with E-state index in [9.17, 15) is 14.4 Å². The molecule has 6 heteroatoms. The first-order chi connectivity index (χ1) is 14.8. The van der Waals surface area contributed by atoms with Crippen LogP contribution in [-0.2, 0) is 9.59 Å². The maximum atomic E-state index is 12.5. The first kappa shape index (κ1) is 22.5. The van der Waals surface area contributed by atoms with Gasteiger partial charge in [-0.25, -0.2) is 0 Å².